The van der Waals surface area contributed by atoms with Crippen LogP contribution in [0.5, 0.6) is 5.75 Å². The number of benzene rings is 2. The van der Waals surface area contributed by atoms with Gasteiger partial charge in [-0.15, -0.1) is 0 Å². The summed E-state index contributed by atoms with van der Waals surface area (Å²) in [5, 5.41) is 2.71. The smallest absolute Gasteiger partial charge is 0.251 e. The number of anilines is 1. The van der Waals surface area contributed by atoms with E-state index in [4.69, 9.17) is 9.47 Å². The Morgan fingerprint density at radius 3 is 2.24 bits per heavy atom. The standard InChI is InChI=1S/C21H27N3O7S2/c1-2-32(26,27)23-18-5-3-17(4-6-18)21(25)22-11-14-31-19-7-9-20(10-8-19)33(28,29)24-12-15-30-16-13-24/h3-10,23H,2,11-16H2,1H3,(H,22,25). The zero-order valence-corrected chi connectivity index (χ0v) is 19.8. The number of morpholine rings is 1. The molecule has 0 radical (unpaired) electrons. The maximum Gasteiger partial charge on any atom is 0.251 e. The first-order chi connectivity index (χ1) is 15.7. The Bertz CT molecular complexity index is 1140. The average molecular weight is 498 g/mol. The number of rotatable bonds is 10. The van der Waals surface area contributed by atoms with Gasteiger partial charge >= 0.3 is 0 Å². The first-order valence-electron chi connectivity index (χ1n) is 10.4. The fraction of sp³-hybridized carbons (Fsp3) is 0.381. The van der Waals surface area contributed by atoms with Gasteiger partial charge in [0.05, 0.1) is 30.4 Å². The van der Waals surface area contributed by atoms with Crippen molar-refractivity contribution in [2.45, 2.75) is 11.8 Å². The van der Waals surface area contributed by atoms with Gasteiger partial charge in [0, 0.05) is 24.3 Å². The molecule has 0 aromatic heterocycles. The quantitative estimate of drug-likeness (QED) is 0.473. The van der Waals surface area contributed by atoms with Crippen molar-refractivity contribution < 1.29 is 31.1 Å². The normalized spacial score (nSPS) is 15.1. The van der Waals surface area contributed by atoms with E-state index in [0.29, 0.717) is 43.3 Å². The maximum atomic E-state index is 12.6. The van der Waals surface area contributed by atoms with Crippen molar-refractivity contribution in [1.29, 1.82) is 0 Å². The molecular weight excluding hydrogens is 470 g/mol. The minimum absolute atomic E-state index is 0.0400. The van der Waals surface area contributed by atoms with E-state index in [9.17, 15) is 21.6 Å². The molecule has 1 amide bonds. The van der Waals surface area contributed by atoms with Gasteiger partial charge in [-0.1, -0.05) is 0 Å². The van der Waals surface area contributed by atoms with Gasteiger partial charge < -0.3 is 14.8 Å². The molecule has 1 aliphatic heterocycles. The molecule has 2 aromatic rings. The van der Waals surface area contributed by atoms with Gasteiger partial charge in [0.1, 0.15) is 12.4 Å². The van der Waals surface area contributed by atoms with E-state index in [1.165, 1.54) is 47.6 Å². The SMILES string of the molecule is CCS(=O)(=O)Nc1ccc(C(=O)NCCOc2ccc(S(=O)(=O)N3CCOCC3)cc2)cc1. The number of nitrogens with zero attached hydrogens (tertiary/aromatic N) is 1. The molecule has 0 saturated carbocycles. The van der Waals surface area contributed by atoms with Crippen molar-refractivity contribution in [3.8, 4) is 5.75 Å². The fourth-order valence-electron chi connectivity index (χ4n) is 3.02. The van der Waals surface area contributed by atoms with Crippen LogP contribution in [0.2, 0.25) is 0 Å². The second kappa shape index (κ2) is 11.0. The molecule has 0 unspecified atom stereocenters. The van der Waals surface area contributed by atoms with E-state index in [-0.39, 0.29) is 29.7 Å². The van der Waals surface area contributed by atoms with E-state index in [1.807, 2.05) is 0 Å². The van der Waals surface area contributed by atoms with Crippen LogP contribution in [0, 0.1) is 0 Å². The lowest BCUT2D eigenvalue weighted by atomic mass is 10.2. The lowest BCUT2D eigenvalue weighted by Crippen LogP contribution is -2.40. The van der Waals surface area contributed by atoms with E-state index < -0.39 is 20.0 Å². The van der Waals surface area contributed by atoms with E-state index in [0.717, 1.165) is 0 Å². The van der Waals surface area contributed by atoms with Crippen LogP contribution in [-0.4, -0.2) is 72.3 Å². The number of nitrogens with one attached hydrogen (secondary N) is 2. The third kappa shape index (κ3) is 6.90. The summed E-state index contributed by atoms with van der Waals surface area (Å²) in [6.07, 6.45) is 0. The Labute approximate surface area is 194 Å². The highest BCUT2D eigenvalue weighted by Crippen LogP contribution is 2.20. The largest absolute Gasteiger partial charge is 0.492 e. The first kappa shape index (κ1) is 25.0. The molecule has 12 heteroatoms. The van der Waals surface area contributed by atoms with Crippen molar-refractivity contribution in [1.82, 2.24) is 9.62 Å². The van der Waals surface area contributed by atoms with Gasteiger partial charge in [0.25, 0.3) is 5.91 Å². The molecule has 0 atom stereocenters. The molecule has 2 aromatic carbocycles. The summed E-state index contributed by atoms with van der Waals surface area (Å²) in [6, 6.07) is 12.2. The summed E-state index contributed by atoms with van der Waals surface area (Å²) in [4.78, 5) is 12.4. The van der Waals surface area contributed by atoms with Gasteiger partial charge in [-0.3, -0.25) is 9.52 Å². The summed E-state index contributed by atoms with van der Waals surface area (Å²) in [6.45, 7) is 3.39. The molecule has 1 saturated heterocycles. The van der Waals surface area contributed by atoms with Crippen LogP contribution in [0.25, 0.3) is 0 Å². The molecule has 0 aliphatic carbocycles. The zero-order valence-electron chi connectivity index (χ0n) is 18.2. The molecule has 10 nitrogen and oxygen atoms in total. The molecule has 1 aliphatic rings. The van der Waals surface area contributed by atoms with E-state index >= 15 is 0 Å². The maximum absolute atomic E-state index is 12.6. The summed E-state index contributed by atoms with van der Waals surface area (Å²) < 4.78 is 63.0. The van der Waals surface area contributed by atoms with Gasteiger partial charge in [-0.05, 0) is 55.5 Å². The van der Waals surface area contributed by atoms with Gasteiger partial charge in [-0.2, -0.15) is 4.31 Å². The highest BCUT2D eigenvalue weighted by atomic mass is 32.2. The summed E-state index contributed by atoms with van der Waals surface area (Å²) in [5.74, 6) is 0.120. The van der Waals surface area contributed by atoms with Crippen LogP contribution in [0.4, 0.5) is 5.69 Å². The molecule has 3 rings (SSSR count). The highest BCUT2D eigenvalue weighted by Gasteiger charge is 2.26. The second-order valence-electron chi connectivity index (χ2n) is 7.18. The zero-order chi connectivity index (χ0) is 23.9. The van der Waals surface area contributed by atoms with Crippen molar-refractivity contribution in [3.63, 3.8) is 0 Å². The van der Waals surface area contributed by atoms with Crippen molar-refractivity contribution in [3.05, 3.63) is 54.1 Å². The van der Waals surface area contributed by atoms with Crippen molar-refractivity contribution in [2.75, 3.05) is 49.9 Å². The number of ether oxygens (including phenoxy) is 2. The Kier molecular flexibility index (Phi) is 8.30. The van der Waals surface area contributed by atoms with Crippen LogP contribution in [0.3, 0.4) is 0 Å². The van der Waals surface area contributed by atoms with Gasteiger partial charge in [0.2, 0.25) is 20.0 Å². The Hall–Kier alpha value is -2.67. The van der Waals surface area contributed by atoms with Crippen LogP contribution in [0.1, 0.15) is 17.3 Å². The van der Waals surface area contributed by atoms with Crippen LogP contribution in [-0.2, 0) is 24.8 Å². The number of sulfonamides is 2. The van der Waals surface area contributed by atoms with Crippen molar-refractivity contribution >= 4 is 31.6 Å². The Morgan fingerprint density at radius 1 is 1.00 bits per heavy atom. The second-order valence-corrected chi connectivity index (χ2v) is 11.1. The minimum atomic E-state index is -3.56. The molecule has 33 heavy (non-hydrogen) atoms. The molecule has 2 N–H and O–H groups in total. The third-order valence-corrected chi connectivity index (χ3v) is 8.11. The molecule has 1 heterocycles. The van der Waals surface area contributed by atoms with Gasteiger partial charge in [0.15, 0.2) is 0 Å². The van der Waals surface area contributed by atoms with E-state index in [1.54, 1.807) is 12.1 Å². The summed E-state index contributed by atoms with van der Waals surface area (Å²) in [5.41, 5.74) is 0.767. The number of carbonyl (C=O) groups is 1. The fourth-order valence-corrected chi connectivity index (χ4v) is 5.07. The minimum Gasteiger partial charge on any atom is -0.492 e. The average Bonchev–Trinajstić information content (AvgIpc) is 2.83. The summed E-state index contributed by atoms with van der Waals surface area (Å²) in [7, 11) is -6.93. The number of amides is 1. The van der Waals surface area contributed by atoms with Crippen LogP contribution in [0.15, 0.2) is 53.4 Å². The predicted molar refractivity (Wildman–Crippen MR) is 123 cm³/mol. The topological polar surface area (TPSA) is 131 Å². The van der Waals surface area contributed by atoms with E-state index in [2.05, 4.69) is 10.0 Å². The predicted octanol–water partition coefficient (Wildman–Crippen LogP) is 1.28. The van der Waals surface area contributed by atoms with Crippen molar-refractivity contribution in [2.24, 2.45) is 0 Å². The summed E-state index contributed by atoms with van der Waals surface area (Å²) >= 11 is 0. The Balaban J connectivity index is 1.45. The lowest BCUT2D eigenvalue weighted by molar-refractivity contribution is 0.0730. The molecule has 1 fully saturated rings. The monoisotopic (exact) mass is 497 g/mol. The number of hydrogen-bond donors (Lipinski definition) is 2. The Morgan fingerprint density at radius 2 is 1.64 bits per heavy atom. The molecule has 0 bridgehead atoms. The highest BCUT2D eigenvalue weighted by molar-refractivity contribution is 7.92. The molecule has 0 spiro atoms. The first-order valence-corrected chi connectivity index (χ1v) is 13.5. The molecule has 180 valence electrons. The third-order valence-electron chi connectivity index (χ3n) is 4.89. The number of hydrogen-bond acceptors (Lipinski definition) is 7. The number of carbonyl (C=O) groups excluding carboxylic acids is 1. The molecular formula is C21H27N3O7S2. The van der Waals surface area contributed by atoms with Gasteiger partial charge in [-0.25, -0.2) is 16.8 Å². The van der Waals surface area contributed by atoms with Crippen LogP contribution < -0.4 is 14.8 Å². The van der Waals surface area contributed by atoms with Crippen LogP contribution >= 0.6 is 0 Å². The lowest BCUT2D eigenvalue weighted by Gasteiger charge is -2.26.